The monoisotopic (exact) mass is 469 g/mol. The summed E-state index contributed by atoms with van der Waals surface area (Å²) >= 11 is 2.06. The summed E-state index contributed by atoms with van der Waals surface area (Å²) in [5.41, 5.74) is 0.479. The molecule has 0 aromatic heterocycles. The highest BCUT2D eigenvalue weighted by molar-refractivity contribution is 14.0. The number of nitrogens with one attached hydrogen (secondary N) is 1. The van der Waals surface area contributed by atoms with Crippen molar-refractivity contribution in [1.29, 1.82) is 0 Å². The molecule has 0 aromatic carbocycles. The van der Waals surface area contributed by atoms with Crippen molar-refractivity contribution in [1.82, 2.24) is 10.2 Å². The number of thioether (sulfide) groups is 1. The Kier molecular flexibility index (Phi) is 8.20. The molecule has 0 bridgehead atoms. The minimum atomic E-state index is 0. The summed E-state index contributed by atoms with van der Waals surface area (Å²) < 4.78 is 5.84. The van der Waals surface area contributed by atoms with Crippen LogP contribution in [0.5, 0.6) is 0 Å². The van der Waals surface area contributed by atoms with Gasteiger partial charge in [0.2, 0.25) is 0 Å². The van der Waals surface area contributed by atoms with Gasteiger partial charge in [0.25, 0.3) is 0 Å². The second-order valence-corrected chi connectivity index (χ2v) is 9.66. The van der Waals surface area contributed by atoms with Crippen LogP contribution in [0.1, 0.15) is 54.4 Å². The molecule has 2 fully saturated rings. The summed E-state index contributed by atoms with van der Waals surface area (Å²) in [6.07, 6.45) is 2.23. The summed E-state index contributed by atoms with van der Waals surface area (Å²) in [5.74, 6) is 2.23. The number of likely N-dealkylation sites (tertiary alicyclic amines) is 1. The van der Waals surface area contributed by atoms with E-state index in [0.717, 1.165) is 57.4 Å². The Labute approximate surface area is 170 Å². The molecule has 0 unspecified atom stereocenters. The first kappa shape index (κ1) is 22.4. The van der Waals surface area contributed by atoms with Gasteiger partial charge in [-0.15, -0.1) is 24.0 Å². The fourth-order valence-electron chi connectivity index (χ4n) is 3.41. The molecule has 0 atom stereocenters. The van der Waals surface area contributed by atoms with Crippen LogP contribution >= 0.6 is 35.7 Å². The number of aliphatic imine (C=N–C) groups is 1. The second-order valence-electron chi connectivity index (χ2n) is 7.93. The fraction of sp³-hybridized carbons (Fsp3) is 0.944. The summed E-state index contributed by atoms with van der Waals surface area (Å²) in [6.45, 7) is 18.4. The molecule has 1 N–H and O–H groups in total. The van der Waals surface area contributed by atoms with Gasteiger partial charge in [0.1, 0.15) is 0 Å². The van der Waals surface area contributed by atoms with Gasteiger partial charge < -0.3 is 15.0 Å². The van der Waals surface area contributed by atoms with Gasteiger partial charge in [-0.1, -0.05) is 20.8 Å². The van der Waals surface area contributed by atoms with Crippen LogP contribution in [0.4, 0.5) is 0 Å². The van der Waals surface area contributed by atoms with E-state index < -0.39 is 0 Å². The normalized spacial score (nSPS) is 24.8. The lowest BCUT2D eigenvalue weighted by Crippen LogP contribution is -2.72. The zero-order valence-electron chi connectivity index (χ0n) is 16.3. The number of guanidine groups is 1. The second kappa shape index (κ2) is 8.80. The summed E-state index contributed by atoms with van der Waals surface area (Å²) in [4.78, 5) is 7.51. The third kappa shape index (κ3) is 4.53. The van der Waals surface area contributed by atoms with Crippen molar-refractivity contribution in [3.05, 3.63) is 0 Å². The van der Waals surface area contributed by atoms with Gasteiger partial charge in [0.05, 0.1) is 6.54 Å². The number of ether oxygens (including phenoxy) is 1. The number of hydrogen-bond acceptors (Lipinski definition) is 3. The standard InChI is InChI=1S/C18H35N3OS.HI/c1-7-19-15(21-14-16(3,4)17(21,5)6)20-13-18(23-8-2)9-11-22-12-10-18;/h7-14H2,1-6H3,(H,19,20);1H. The Morgan fingerprint density at radius 3 is 2.25 bits per heavy atom. The molecular formula is C18H36IN3OS. The van der Waals surface area contributed by atoms with Crippen LogP contribution in [-0.4, -0.2) is 59.7 Å². The van der Waals surface area contributed by atoms with Crippen LogP contribution in [0.15, 0.2) is 4.99 Å². The molecule has 2 heterocycles. The number of nitrogens with zero attached hydrogens (tertiary/aromatic N) is 2. The van der Waals surface area contributed by atoms with Crippen molar-refractivity contribution in [3.8, 4) is 0 Å². The molecule has 2 rings (SSSR count). The van der Waals surface area contributed by atoms with Crippen LogP contribution in [-0.2, 0) is 4.74 Å². The SMILES string of the molecule is CCNC(=NCC1(SCC)CCOCC1)N1CC(C)(C)C1(C)C.I. The summed E-state index contributed by atoms with van der Waals surface area (Å²) in [7, 11) is 0. The van der Waals surface area contributed by atoms with E-state index in [4.69, 9.17) is 9.73 Å². The van der Waals surface area contributed by atoms with Crippen molar-refractivity contribution in [2.45, 2.75) is 64.7 Å². The van der Waals surface area contributed by atoms with Gasteiger partial charge in [0.15, 0.2) is 5.96 Å². The highest BCUT2D eigenvalue weighted by Crippen LogP contribution is 2.46. The number of halogens is 1. The fourth-order valence-corrected chi connectivity index (χ4v) is 4.64. The lowest BCUT2D eigenvalue weighted by Gasteiger charge is -2.62. The highest BCUT2D eigenvalue weighted by atomic mass is 127. The first-order valence-corrected chi connectivity index (χ1v) is 10.0. The zero-order chi connectivity index (χ0) is 17.1. The first-order valence-electron chi connectivity index (χ1n) is 9.06. The maximum atomic E-state index is 5.58. The molecule has 2 aliphatic heterocycles. The van der Waals surface area contributed by atoms with Gasteiger partial charge in [-0.2, -0.15) is 11.8 Å². The Bertz CT molecular complexity index is 428. The number of rotatable bonds is 5. The van der Waals surface area contributed by atoms with E-state index in [9.17, 15) is 0 Å². The van der Waals surface area contributed by atoms with E-state index in [0.29, 0.717) is 5.41 Å². The van der Waals surface area contributed by atoms with Crippen molar-refractivity contribution < 1.29 is 4.74 Å². The zero-order valence-corrected chi connectivity index (χ0v) is 19.4. The molecule has 0 radical (unpaired) electrons. The molecule has 0 spiro atoms. The largest absolute Gasteiger partial charge is 0.381 e. The van der Waals surface area contributed by atoms with Crippen LogP contribution in [0.25, 0.3) is 0 Å². The van der Waals surface area contributed by atoms with Crippen LogP contribution < -0.4 is 5.32 Å². The Morgan fingerprint density at radius 2 is 1.79 bits per heavy atom. The van der Waals surface area contributed by atoms with Crippen molar-refractivity contribution in [2.24, 2.45) is 10.4 Å². The average molecular weight is 469 g/mol. The van der Waals surface area contributed by atoms with Crippen LogP contribution in [0, 0.1) is 5.41 Å². The molecule has 0 aromatic rings. The van der Waals surface area contributed by atoms with Crippen molar-refractivity contribution in [3.63, 3.8) is 0 Å². The third-order valence-corrected chi connectivity index (χ3v) is 7.28. The van der Waals surface area contributed by atoms with E-state index in [1.807, 2.05) is 0 Å². The maximum absolute atomic E-state index is 5.58. The molecule has 4 nitrogen and oxygen atoms in total. The third-order valence-electron chi connectivity index (χ3n) is 5.85. The van der Waals surface area contributed by atoms with Crippen molar-refractivity contribution >= 4 is 41.7 Å². The van der Waals surface area contributed by atoms with Gasteiger partial charge in [-0.05, 0) is 39.4 Å². The first-order chi connectivity index (χ1) is 10.8. The average Bonchev–Trinajstić information content (AvgIpc) is 2.51. The van der Waals surface area contributed by atoms with Crippen LogP contribution in [0.2, 0.25) is 0 Å². The Morgan fingerprint density at radius 1 is 1.17 bits per heavy atom. The molecule has 0 aliphatic carbocycles. The van der Waals surface area contributed by atoms with Gasteiger partial charge in [-0.25, -0.2) is 0 Å². The van der Waals surface area contributed by atoms with E-state index in [1.165, 1.54) is 0 Å². The topological polar surface area (TPSA) is 36.9 Å². The lowest BCUT2D eigenvalue weighted by atomic mass is 9.65. The molecule has 142 valence electrons. The molecule has 2 aliphatic rings. The smallest absolute Gasteiger partial charge is 0.194 e. The predicted molar refractivity (Wildman–Crippen MR) is 117 cm³/mol. The van der Waals surface area contributed by atoms with Gasteiger partial charge >= 0.3 is 0 Å². The number of hydrogen-bond donors (Lipinski definition) is 1. The summed E-state index contributed by atoms with van der Waals surface area (Å²) in [6, 6.07) is 0. The molecule has 0 saturated carbocycles. The molecular weight excluding hydrogens is 433 g/mol. The molecule has 6 heteroatoms. The van der Waals surface area contributed by atoms with E-state index >= 15 is 0 Å². The van der Waals surface area contributed by atoms with Crippen molar-refractivity contribution in [2.75, 3.05) is 38.6 Å². The predicted octanol–water partition coefficient (Wildman–Crippen LogP) is 3.99. The van der Waals surface area contributed by atoms with E-state index in [2.05, 4.69) is 63.5 Å². The maximum Gasteiger partial charge on any atom is 0.194 e. The lowest BCUT2D eigenvalue weighted by molar-refractivity contribution is -0.0668. The van der Waals surface area contributed by atoms with E-state index in [-0.39, 0.29) is 34.3 Å². The van der Waals surface area contributed by atoms with Gasteiger partial charge in [0, 0.05) is 42.0 Å². The van der Waals surface area contributed by atoms with Gasteiger partial charge in [-0.3, -0.25) is 4.99 Å². The summed E-state index contributed by atoms with van der Waals surface area (Å²) in [5, 5.41) is 3.51. The minimum absolute atomic E-state index is 0. The Hall–Kier alpha value is 0.310. The van der Waals surface area contributed by atoms with E-state index in [1.54, 1.807) is 0 Å². The Balaban J connectivity index is 0.00000288. The van der Waals surface area contributed by atoms with Crippen LogP contribution in [0.3, 0.4) is 0 Å². The molecule has 24 heavy (non-hydrogen) atoms. The molecule has 2 saturated heterocycles. The minimum Gasteiger partial charge on any atom is -0.381 e. The highest BCUT2D eigenvalue weighted by Gasteiger charge is 2.53. The quantitative estimate of drug-likeness (QED) is 0.375. The molecule has 0 amide bonds.